The molecule has 1 heterocycles. The Labute approximate surface area is 158 Å². The van der Waals surface area contributed by atoms with Crippen LogP contribution < -0.4 is 0 Å². The molecule has 26 heavy (non-hydrogen) atoms. The number of benzene rings is 1. The third-order valence-electron chi connectivity index (χ3n) is 5.54. The van der Waals surface area contributed by atoms with Crippen molar-refractivity contribution in [1.82, 2.24) is 4.90 Å². The standard InChI is InChI=1S/C20H18ClN5/c1-2-26-8-7-17-16(10-26)18(13-3-5-14(21)6-4-13)15(9-22)19(25)20(17,11-23)12-24/h3-7,15-16,18,25H,2,8,10H2,1H3/t15-,16-,18+/m0/s1. The highest BCUT2D eigenvalue weighted by Gasteiger charge is 2.56. The van der Waals surface area contributed by atoms with Crippen LogP contribution in [-0.2, 0) is 0 Å². The summed E-state index contributed by atoms with van der Waals surface area (Å²) in [5.74, 6) is -1.27. The van der Waals surface area contributed by atoms with E-state index >= 15 is 0 Å². The molecule has 1 N–H and O–H groups in total. The predicted octanol–water partition coefficient (Wildman–Crippen LogP) is 3.51. The zero-order chi connectivity index (χ0) is 18.9. The van der Waals surface area contributed by atoms with Crippen molar-refractivity contribution in [3.05, 3.63) is 46.5 Å². The van der Waals surface area contributed by atoms with Crippen LogP contribution in [0.5, 0.6) is 0 Å². The lowest BCUT2D eigenvalue weighted by molar-refractivity contribution is 0.218. The van der Waals surface area contributed by atoms with Crippen LogP contribution in [0.1, 0.15) is 18.4 Å². The van der Waals surface area contributed by atoms with Crippen molar-refractivity contribution in [1.29, 1.82) is 21.2 Å². The van der Waals surface area contributed by atoms with Gasteiger partial charge < -0.3 is 5.41 Å². The molecule has 0 spiro atoms. The Morgan fingerprint density at radius 1 is 1.23 bits per heavy atom. The Morgan fingerprint density at radius 3 is 2.42 bits per heavy atom. The molecular weight excluding hydrogens is 346 g/mol. The maximum absolute atomic E-state index is 9.82. The Morgan fingerprint density at radius 2 is 1.88 bits per heavy atom. The molecule has 1 aromatic carbocycles. The smallest absolute Gasteiger partial charge is 0.203 e. The van der Waals surface area contributed by atoms with Gasteiger partial charge >= 0.3 is 0 Å². The molecule has 6 heteroatoms. The van der Waals surface area contributed by atoms with Crippen molar-refractivity contribution in [2.45, 2.75) is 12.8 Å². The van der Waals surface area contributed by atoms with Crippen LogP contribution in [0, 0.1) is 56.7 Å². The Bertz CT molecular complexity index is 867. The van der Waals surface area contributed by atoms with Crippen molar-refractivity contribution in [2.75, 3.05) is 19.6 Å². The van der Waals surface area contributed by atoms with E-state index in [4.69, 9.17) is 17.0 Å². The minimum atomic E-state index is -1.65. The van der Waals surface area contributed by atoms with Gasteiger partial charge in [-0.3, -0.25) is 4.90 Å². The van der Waals surface area contributed by atoms with E-state index in [1.807, 2.05) is 30.3 Å². The summed E-state index contributed by atoms with van der Waals surface area (Å²) >= 11 is 6.01. The molecule has 1 aliphatic heterocycles. The van der Waals surface area contributed by atoms with Crippen molar-refractivity contribution in [3.63, 3.8) is 0 Å². The van der Waals surface area contributed by atoms with Gasteiger partial charge in [-0.1, -0.05) is 36.7 Å². The molecule has 0 bridgehead atoms. The topological polar surface area (TPSA) is 98.5 Å². The van der Waals surface area contributed by atoms with Crippen LogP contribution in [0.25, 0.3) is 0 Å². The van der Waals surface area contributed by atoms with Crippen molar-refractivity contribution >= 4 is 17.3 Å². The summed E-state index contributed by atoms with van der Waals surface area (Å²) in [5, 5.41) is 38.5. The van der Waals surface area contributed by atoms with E-state index in [1.54, 1.807) is 12.1 Å². The number of fused-ring (bicyclic) bond motifs is 1. The minimum Gasteiger partial charge on any atom is -0.305 e. The Balaban J connectivity index is 2.21. The highest BCUT2D eigenvalue weighted by Crippen LogP contribution is 2.52. The molecule has 130 valence electrons. The van der Waals surface area contributed by atoms with Crippen molar-refractivity contribution in [2.24, 2.45) is 17.3 Å². The first-order valence-electron chi connectivity index (χ1n) is 8.51. The van der Waals surface area contributed by atoms with Gasteiger partial charge in [-0.15, -0.1) is 0 Å². The van der Waals surface area contributed by atoms with Crippen LogP contribution in [0.2, 0.25) is 5.02 Å². The Hall–Kier alpha value is -2.65. The molecule has 0 aromatic heterocycles. The second-order valence-electron chi connectivity index (χ2n) is 6.69. The first-order chi connectivity index (χ1) is 12.5. The monoisotopic (exact) mass is 363 g/mol. The van der Waals surface area contributed by atoms with E-state index in [-0.39, 0.29) is 17.5 Å². The number of nitriles is 3. The molecule has 1 aromatic rings. The van der Waals surface area contributed by atoms with Gasteiger partial charge in [0.2, 0.25) is 5.41 Å². The fraction of sp³-hybridized carbons (Fsp3) is 0.400. The molecule has 3 rings (SSSR count). The van der Waals surface area contributed by atoms with Crippen molar-refractivity contribution in [3.8, 4) is 18.2 Å². The van der Waals surface area contributed by atoms with Gasteiger partial charge in [-0.05, 0) is 29.8 Å². The minimum absolute atomic E-state index is 0.114. The number of hydrogen-bond acceptors (Lipinski definition) is 5. The third-order valence-corrected chi connectivity index (χ3v) is 5.79. The van der Waals surface area contributed by atoms with E-state index < -0.39 is 11.3 Å². The first kappa shape index (κ1) is 18.2. The second-order valence-corrected chi connectivity index (χ2v) is 7.13. The van der Waals surface area contributed by atoms with Gasteiger partial charge in [-0.25, -0.2) is 0 Å². The zero-order valence-corrected chi connectivity index (χ0v) is 15.2. The summed E-state index contributed by atoms with van der Waals surface area (Å²) in [4.78, 5) is 2.22. The molecule has 1 fully saturated rings. The summed E-state index contributed by atoms with van der Waals surface area (Å²) in [5.41, 5.74) is -0.182. The van der Waals surface area contributed by atoms with Gasteiger partial charge in [0.15, 0.2) is 0 Å². The van der Waals surface area contributed by atoms with Gasteiger partial charge in [0.25, 0.3) is 0 Å². The van der Waals surface area contributed by atoms with E-state index in [2.05, 4.69) is 17.9 Å². The second kappa shape index (κ2) is 6.93. The summed E-state index contributed by atoms with van der Waals surface area (Å²) in [6, 6.07) is 13.6. The third kappa shape index (κ3) is 2.60. The molecule has 3 atom stereocenters. The average Bonchev–Trinajstić information content (AvgIpc) is 2.68. The lowest BCUT2D eigenvalue weighted by Gasteiger charge is -2.47. The normalized spacial score (nSPS) is 27.4. The molecule has 0 saturated heterocycles. The Kier molecular flexibility index (Phi) is 4.84. The summed E-state index contributed by atoms with van der Waals surface area (Å²) < 4.78 is 0. The van der Waals surface area contributed by atoms with Crippen LogP contribution in [0.15, 0.2) is 35.9 Å². The average molecular weight is 364 g/mol. The number of rotatable bonds is 2. The van der Waals surface area contributed by atoms with Gasteiger partial charge in [0.05, 0.1) is 29.8 Å². The van der Waals surface area contributed by atoms with Gasteiger partial charge in [0.1, 0.15) is 0 Å². The van der Waals surface area contributed by atoms with Crippen LogP contribution in [0.4, 0.5) is 0 Å². The zero-order valence-electron chi connectivity index (χ0n) is 14.4. The first-order valence-corrected chi connectivity index (χ1v) is 8.89. The lowest BCUT2D eigenvalue weighted by atomic mass is 9.55. The van der Waals surface area contributed by atoms with Gasteiger partial charge in [0, 0.05) is 29.9 Å². The fourth-order valence-electron chi connectivity index (χ4n) is 4.16. The number of nitrogens with zero attached hydrogens (tertiary/aromatic N) is 4. The number of hydrogen-bond donors (Lipinski definition) is 1. The molecule has 0 radical (unpaired) electrons. The predicted molar refractivity (Wildman–Crippen MR) is 98.4 cm³/mol. The fourth-order valence-corrected chi connectivity index (χ4v) is 4.28. The van der Waals surface area contributed by atoms with Crippen LogP contribution >= 0.6 is 11.6 Å². The van der Waals surface area contributed by atoms with E-state index in [1.165, 1.54) is 0 Å². The van der Waals surface area contributed by atoms with E-state index in [9.17, 15) is 15.8 Å². The molecule has 0 unspecified atom stereocenters. The summed E-state index contributed by atoms with van der Waals surface area (Å²) in [6.07, 6.45) is 1.91. The quantitative estimate of drug-likeness (QED) is 0.812. The number of nitrogens with one attached hydrogen (secondary N) is 1. The molecular formula is C20H18ClN5. The number of likely N-dealkylation sites (N-methyl/N-ethyl adjacent to an activating group) is 1. The highest BCUT2D eigenvalue weighted by atomic mass is 35.5. The largest absolute Gasteiger partial charge is 0.305 e. The van der Waals surface area contributed by atoms with Gasteiger partial charge in [-0.2, -0.15) is 15.8 Å². The van der Waals surface area contributed by atoms with Crippen LogP contribution in [-0.4, -0.2) is 30.2 Å². The lowest BCUT2D eigenvalue weighted by Crippen LogP contribution is -2.52. The maximum atomic E-state index is 9.82. The molecule has 1 saturated carbocycles. The van der Waals surface area contributed by atoms with Crippen molar-refractivity contribution < 1.29 is 0 Å². The summed E-state index contributed by atoms with van der Waals surface area (Å²) in [7, 11) is 0. The molecule has 2 aliphatic rings. The molecule has 1 aliphatic carbocycles. The maximum Gasteiger partial charge on any atom is 0.203 e. The molecule has 0 amide bonds. The SMILES string of the molecule is CCN1CC=C2[C@H](C1)[C@H](c1ccc(Cl)cc1)[C@H](C#N)C(=N)C2(C#N)C#N. The van der Waals surface area contributed by atoms with Crippen LogP contribution in [0.3, 0.4) is 0 Å². The highest BCUT2D eigenvalue weighted by molar-refractivity contribution is 6.30. The number of halogens is 1. The molecule has 5 nitrogen and oxygen atoms in total. The van der Waals surface area contributed by atoms with E-state index in [0.29, 0.717) is 23.7 Å². The summed E-state index contributed by atoms with van der Waals surface area (Å²) in [6.45, 7) is 4.20. The van der Waals surface area contributed by atoms with E-state index in [0.717, 1.165) is 12.1 Å².